The lowest BCUT2D eigenvalue weighted by atomic mass is 10.1. The number of hydrogen-bond donors (Lipinski definition) is 0. The van der Waals surface area contributed by atoms with E-state index < -0.39 is 30.0 Å². The van der Waals surface area contributed by atoms with Crippen LogP contribution in [0.25, 0.3) is 0 Å². The van der Waals surface area contributed by atoms with E-state index >= 15 is 0 Å². The predicted molar refractivity (Wildman–Crippen MR) is 112 cm³/mol. The summed E-state index contributed by atoms with van der Waals surface area (Å²) in [5, 5.41) is 2.05. The average molecular weight is 498 g/mol. The molecule has 0 radical (unpaired) electrons. The van der Waals surface area contributed by atoms with Crippen molar-refractivity contribution in [1.29, 1.82) is 0 Å². The van der Waals surface area contributed by atoms with Gasteiger partial charge in [-0.1, -0.05) is 51.3 Å². The van der Waals surface area contributed by atoms with Crippen LogP contribution in [-0.4, -0.2) is 40.1 Å². The van der Waals surface area contributed by atoms with E-state index in [4.69, 9.17) is 23.2 Å². The van der Waals surface area contributed by atoms with E-state index in [0.29, 0.717) is 12.0 Å². The lowest BCUT2D eigenvalue weighted by Crippen LogP contribution is -2.56. The summed E-state index contributed by atoms with van der Waals surface area (Å²) in [6, 6.07) is 10.8. The molecule has 3 rings (SSSR count). The zero-order chi connectivity index (χ0) is 21.1. The van der Waals surface area contributed by atoms with Crippen LogP contribution in [0.5, 0.6) is 0 Å². The molecule has 0 N–H and O–H groups in total. The number of halogens is 3. The van der Waals surface area contributed by atoms with Gasteiger partial charge in [0.1, 0.15) is 6.54 Å². The molecule has 3 amide bonds. The fourth-order valence-corrected chi connectivity index (χ4v) is 3.45. The van der Waals surface area contributed by atoms with E-state index in [1.807, 2.05) is 0 Å². The Balaban J connectivity index is 1.96. The lowest BCUT2D eigenvalue weighted by molar-refractivity contribution is -0.162. The van der Waals surface area contributed by atoms with Gasteiger partial charge < -0.3 is 0 Å². The fraction of sp³-hybridized carbons (Fsp3) is 0.200. The zero-order valence-corrected chi connectivity index (χ0v) is 18.1. The highest BCUT2D eigenvalue weighted by Gasteiger charge is 2.36. The molecule has 2 aromatic rings. The molecule has 29 heavy (non-hydrogen) atoms. The molecule has 150 valence electrons. The van der Waals surface area contributed by atoms with Crippen LogP contribution in [0.4, 0.5) is 0 Å². The summed E-state index contributed by atoms with van der Waals surface area (Å²) in [6.07, 6.45) is 0.635. The van der Waals surface area contributed by atoms with Crippen molar-refractivity contribution >= 4 is 62.6 Å². The molecule has 1 aliphatic heterocycles. The first-order valence-electron chi connectivity index (χ1n) is 8.69. The van der Waals surface area contributed by atoms with Gasteiger partial charge in [0.05, 0.1) is 10.0 Å². The van der Waals surface area contributed by atoms with Crippen LogP contribution in [0.15, 0.2) is 46.9 Å². The highest BCUT2D eigenvalue weighted by Crippen LogP contribution is 2.25. The first-order valence-corrected chi connectivity index (χ1v) is 10.2. The highest BCUT2D eigenvalue weighted by molar-refractivity contribution is 9.10. The minimum atomic E-state index is -0.697. The standard InChI is InChI=1S/C20H15BrCl2N2O4/c21-14-7-4-12(5-8-14)17(26)11-24(25-18(27)2-1-3-19(25)28)20(29)13-6-9-15(22)16(23)10-13/h4-10H,1-3,11H2. The summed E-state index contributed by atoms with van der Waals surface area (Å²) >= 11 is 15.2. The van der Waals surface area contributed by atoms with Crippen LogP contribution < -0.4 is 0 Å². The highest BCUT2D eigenvalue weighted by atomic mass is 79.9. The van der Waals surface area contributed by atoms with E-state index in [2.05, 4.69) is 15.9 Å². The molecule has 0 atom stereocenters. The first-order chi connectivity index (χ1) is 13.8. The monoisotopic (exact) mass is 496 g/mol. The SMILES string of the molecule is O=C(CN(C(=O)c1ccc(Cl)c(Cl)c1)N1C(=O)CCCC1=O)c1ccc(Br)cc1. The number of nitrogens with zero attached hydrogens (tertiary/aromatic N) is 2. The Morgan fingerprint density at radius 2 is 1.52 bits per heavy atom. The Hall–Kier alpha value is -2.22. The summed E-state index contributed by atoms with van der Waals surface area (Å²) < 4.78 is 0.791. The van der Waals surface area contributed by atoms with Gasteiger partial charge in [-0.05, 0) is 36.8 Å². The molecule has 1 aliphatic rings. The maximum Gasteiger partial charge on any atom is 0.273 e. The molecule has 0 bridgehead atoms. The van der Waals surface area contributed by atoms with Crippen LogP contribution in [0.3, 0.4) is 0 Å². The molecule has 1 fully saturated rings. The van der Waals surface area contributed by atoms with Crippen LogP contribution in [0, 0.1) is 0 Å². The Labute approximate surface area is 185 Å². The number of piperidine rings is 1. The Kier molecular flexibility index (Phi) is 6.72. The smallest absolute Gasteiger partial charge is 0.273 e. The van der Waals surface area contributed by atoms with Gasteiger partial charge in [-0.3, -0.25) is 19.2 Å². The van der Waals surface area contributed by atoms with Gasteiger partial charge in [0.2, 0.25) is 11.8 Å². The van der Waals surface area contributed by atoms with Crippen molar-refractivity contribution in [2.24, 2.45) is 0 Å². The third-order valence-corrected chi connectivity index (χ3v) is 5.62. The van der Waals surface area contributed by atoms with E-state index in [1.165, 1.54) is 18.2 Å². The number of carbonyl (C=O) groups excluding carboxylic acids is 4. The van der Waals surface area contributed by atoms with Crippen molar-refractivity contribution in [3.05, 3.63) is 68.1 Å². The molecule has 2 aromatic carbocycles. The quantitative estimate of drug-likeness (QED) is 0.449. The van der Waals surface area contributed by atoms with Crippen molar-refractivity contribution in [1.82, 2.24) is 10.0 Å². The summed E-state index contributed by atoms with van der Waals surface area (Å²) in [5.41, 5.74) is 0.450. The van der Waals surface area contributed by atoms with Crippen molar-refractivity contribution < 1.29 is 19.2 Å². The Morgan fingerprint density at radius 1 is 0.931 bits per heavy atom. The third kappa shape index (κ3) is 4.86. The van der Waals surface area contributed by atoms with Crippen LogP contribution in [0.2, 0.25) is 10.0 Å². The molecular formula is C20H15BrCl2N2O4. The number of Topliss-reactive ketones (excluding diaryl/α,β-unsaturated/α-hetero) is 1. The summed E-state index contributed by atoms with van der Waals surface area (Å²) in [5.74, 6) is -2.17. The lowest BCUT2D eigenvalue weighted by Gasteiger charge is -2.35. The zero-order valence-electron chi connectivity index (χ0n) is 15.0. The number of carbonyl (C=O) groups is 4. The minimum absolute atomic E-state index is 0.106. The van der Waals surface area contributed by atoms with E-state index in [-0.39, 0.29) is 28.5 Å². The van der Waals surface area contributed by atoms with Crippen LogP contribution in [-0.2, 0) is 9.59 Å². The molecule has 1 heterocycles. The van der Waals surface area contributed by atoms with E-state index in [9.17, 15) is 19.2 Å². The van der Waals surface area contributed by atoms with Gasteiger partial charge in [0.15, 0.2) is 5.78 Å². The summed E-state index contributed by atoms with van der Waals surface area (Å²) in [4.78, 5) is 50.7. The summed E-state index contributed by atoms with van der Waals surface area (Å²) in [6.45, 7) is -0.474. The molecule has 9 heteroatoms. The van der Waals surface area contributed by atoms with Gasteiger partial charge in [-0.2, -0.15) is 5.01 Å². The fourth-order valence-electron chi connectivity index (χ4n) is 2.89. The van der Waals surface area contributed by atoms with Crippen molar-refractivity contribution in [2.45, 2.75) is 19.3 Å². The van der Waals surface area contributed by atoms with Gasteiger partial charge in [0, 0.05) is 28.4 Å². The molecule has 0 spiro atoms. The number of hydrogen-bond acceptors (Lipinski definition) is 4. The number of imide groups is 1. The minimum Gasteiger partial charge on any atom is -0.292 e. The molecule has 0 aromatic heterocycles. The molecule has 0 saturated carbocycles. The molecular weight excluding hydrogens is 483 g/mol. The number of benzene rings is 2. The van der Waals surface area contributed by atoms with Gasteiger partial charge in [-0.25, -0.2) is 5.01 Å². The number of hydrazine groups is 1. The second-order valence-electron chi connectivity index (χ2n) is 6.37. The molecule has 0 unspecified atom stereocenters. The predicted octanol–water partition coefficient (Wildman–Crippen LogP) is 4.54. The van der Waals surface area contributed by atoms with Gasteiger partial charge in [-0.15, -0.1) is 0 Å². The van der Waals surface area contributed by atoms with Crippen LogP contribution >= 0.6 is 39.1 Å². The number of rotatable bonds is 5. The van der Waals surface area contributed by atoms with Crippen molar-refractivity contribution in [2.75, 3.05) is 6.54 Å². The van der Waals surface area contributed by atoms with Crippen molar-refractivity contribution in [3.63, 3.8) is 0 Å². The Morgan fingerprint density at radius 3 is 2.10 bits per heavy atom. The average Bonchev–Trinajstić information content (AvgIpc) is 2.69. The maximum absolute atomic E-state index is 13.1. The second-order valence-corrected chi connectivity index (χ2v) is 8.10. The van der Waals surface area contributed by atoms with Crippen LogP contribution in [0.1, 0.15) is 40.0 Å². The molecule has 0 aliphatic carbocycles. The van der Waals surface area contributed by atoms with Gasteiger partial charge in [0.25, 0.3) is 5.91 Å². The largest absolute Gasteiger partial charge is 0.292 e. The maximum atomic E-state index is 13.1. The topological polar surface area (TPSA) is 74.8 Å². The normalized spacial score (nSPS) is 14.1. The van der Waals surface area contributed by atoms with Crippen molar-refractivity contribution in [3.8, 4) is 0 Å². The van der Waals surface area contributed by atoms with E-state index in [0.717, 1.165) is 14.5 Å². The molecule has 1 saturated heterocycles. The van der Waals surface area contributed by atoms with E-state index in [1.54, 1.807) is 24.3 Å². The van der Waals surface area contributed by atoms with Gasteiger partial charge >= 0.3 is 0 Å². The first kappa shape index (κ1) is 21.5. The summed E-state index contributed by atoms with van der Waals surface area (Å²) in [7, 11) is 0. The molecule has 6 nitrogen and oxygen atoms in total. The number of ketones is 1. The Bertz CT molecular complexity index is 978. The number of amides is 3. The third-order valence-electron chi connectivity index (χ3n) is 4.36. The second kappa shape index (κ2) is 9.07.